The van der Waals surface area contributed by atoms with E-state index in [2.05, 4.69) is 15.5 Å². The largest absolute Gasteiger partial charge is 0.356 e. The van der Waals surface area contributed by atoms with Gasteiger partial charge in [-0.3, -0.25) is 9.10 Å². The number of amides is 1. The lowest BCUT2D eigenvalue weighted by Crippen LogP contribution is -2.29. The SMILES string of the molecule is O=C(Cn1cnc(S(=O)(=O)N2CCc3ccccc32)c1)Nc1cccc(-c2ccno2)c1. The molecule has 0 bridgehead atoms. The van der Waals surface area contributed by atoms with Gasteiger partial charge in [-0.05, 0) is 30.2 Å². The minimum atomic E-state index is -3.80. The van der Waals surface area contributed by atoms with Crippen LogP contribution in [0.2, 0.25) is 0 Å². The van der Waals surface area contributed by atoms with E-state index in [1.54, 1.807) is 36.5 Å². The van der Waals surface area contributed by atoms with Gasteiger partial charge >= 0.3 is 0 Å². The summed E-state index contributed by atoms with van der Waals surface area (Å²) in [6, 6.07) is 16.3. The second-order valence-corrected chi connectivity index (χ2v) is 9.15. The molecule has 0 atom stereocenters. The number of carbonyl (C=O) groups is 1. The highest BCUT2D eigenvalue weighted by Gasteiger charge is 2.32. The standard InChI is InChI=1S/C22H19N5O4S/c28-21(25-18-6-3-5-17(12-18)20-8-10-24-31-20)13-26-14-22(23-15-26)32(29,30)27-11-9-16-4-1-2-7-19(16)27/h1-8,10,12,14-15H,9,11,13H2,(H,25,28). The fraction of sp³-hybridized carbons (Fsp3) is 0.136. The van der Waals surface area contributed by atoms with Gasteiger partial charge in [-0.1, -0.05) is 35.5 Å². The van der Waals surface area contributed by atoms with Gasteiger partial charge in [-0.25, -0.2) is 4.98 Å². The highest BCUT2D eigenvalue weighted by atomic mass is 32.2. The third kappa shape index (κ3) is 3.76. The molecule has 10 heteroatoms. The smallest absolute Gasteiger partial charge is 0.283 e. The molecule has 4 aromatic rings. The molecule has 2 aromatic heterocycles. The molecular formula is C22H19N5O4S. The topological polar surface area (TPSA) is 110 Å². The van der Waals surface area contributed by atoms with E-state index in [-0.39, 0.29) is 17.5 Å². The fourth-order valence-electron chi connectivity index (χ4n) is 3.71. The molecule has 0 unspecified atom stereocenters. The van der Waals surface area contributed by atoms with Crippen LogP contribution in [0, 0.1) is 0 Å². The van der Waals surface area contributed by atoms with Gasteiger partial charge in [0.1, 0.15) is 6.54 Å². The number of para-hydroxylation sites is 1. The van der Waals surface area contributed by atoms with Crippen molar-refractivity contribution in [3.63, 3.8) is 0 Å². The van der Waals surface area contributed by atoms with E-state index < -0.39 is 10.0 Å². The first kappa shape index (κ1) is 20.0. The number of fused-ring (bicyclic) bond motifs is 1. The Kier molecular flexibility index (Phi) is 4.98. The van der Waals surface area contributed by atoms with Crippen molar-refractivity contribution >= 4 is 27.3 Å². The van der Waals surface area contributed by atoms with Crippen molar-refractivity contribution in [2.75, 3.05) is 16.2 Å². The molecule has 32 heavy (non-hydrogen) atoms. The number of imidazole rings is 1. The maximum Gasteiger partial charge on any atom is 0.283 e. The number of sulfonamides is 1. The molecule has 162 valence electrons. The van der Waals surface area contributed by atoms with E-state index in [1.165, 1.54) is 21.4 Å². The van der Waals surface area contributed by atoms with E-state index in [1.807, 2.05) is 24.3 Å². The number of hydrogen-bond acceptors (Lipinski definition) is 6. The van der Waals surface area contributed by atoms with Crippen LogP contribution in [0.5, 0.6) is 0 Å². The molecule has 1 aliphatic rings. The highest BCUT2D eigenvalue weighted by Crippen LogP contribution is 2.32. The van der Waals surface area contributed by atoms with Gasteiger partial charge in [0.2, 0.25) is 5.91 Å². The van der Waals surface area contributed by atoms with Crippen molar-refractivity contribution < 1.29 is 17.7 Å². The van der Waals surface area contributed by atoms with Crippen molar-refractivity contribution in [3.8, 4) is 11.3 Å². The minimum Gasteiger partial charge on any atom is -0.356 e. The number of nitrogens with zero attached hydrogens (tertiary/aromatic N) is 4. The number of carbonyl (C=O) groups excluding carboxylic acids is 1. The molecule has 2 aromatic carbocycles. The van der Waals surface area contributed by atoms with Crippen LogP contribution < -0.4 is 9.62 Å². The van der Waals surface area contributed by atoms with E-state index in [9.17, 15) is 13.2 Å². The quantitative estimate of drug-likeness (QED) is 0.485. The second kappa shape index (κ2) is 7.97. The van der Waals surface area contributed by atoms with E-state index in [0.29, 0.717) is 30.1 Å². The van der Waals surface area contributed by atoms with Crippen LogP contribution in [0.1, 0.15) is 5.56 Å². The molecule has 0 saturated carbocycles. The average Bonchev–Trinajstić information content (AvgIpc) is 3.54. The van der Waals surface area contributed by atoms with E-state index >= 15 is 0 Å². The summed E-state index contributed by atoms with van der Waals surface area (Å²) in [5, 5.41) is 6.39. The predicted molar refractivity (Wildman–Crippen MR) is 117 cm³/mol. The van der Waals surface area contributed by atoms with Gasteiger partial charge in [0.25, 0.3) is 10.0 Å². The van der Waals surface area contributed by atoms with Gasteiger partial charge < -0.3 is 14.4 Å². The minimum absolute atomic E-state index is 0.0777. The molecule has 1 aliphatic heterocycles. The van der Waals surface area contributed by atoms with Crippen LogP contribution in [0.3, 0.4) is 0 Å². The Hall–Kier alpha value is -3.92. The molecule has 3 heterocycles. The lowest BCUT2D eigenvalue weighted by Gasteiger charge is -2.17. The Morgan fingerprint density at radius 1 is 1.12 bits per heavy atom. The molecule has 0 radical (unpaired) electrons. The first-order valence-electron chi connectivity index (χ1n) is 9.94. The molecule has 1 amide bonds. The third-order valence-electron chi connectivity index (χ3n) is 5.20. The maximum absolute atomic E-state index is 13.1. The van der Waals surface area contributed by atoms with Gasteiger partial charge in [-0.15, -0.1) is 0 Å². The lowest BCUT2D eigenvalue weighted by molar-refractivity contribution is -0.116. The van der Waals surface area contributed by atoms with Crippen LogP contribution in [0.15, 0.2) is 82.9 Å². The summed E-state index contributed by atoms with van der Waals surface area (Å²) in [5.41, 5.74) is 3.03. The summed E-state index contributed by atoms with van der Waals surface area (Å²) in [6.45, 7) is 0.294. The maximum atomic E-state index is 13.1. The average molecular weight is 449 g/mol. The molecule has 5 rings (SSSR count). The van der Waals surface area contributed by atoms with Gasteiger partial charge in [0.15, 0.2) is 10.8 Å². The highest BCUT2D eigenvalue weighted by molar-refractivity contribution is 7.92. The monoisotopic (exact) mass is 449 g/mol. The van der Waals surface area contributed by atoms with Gasteiger partial charge in [0.05, 0.1) is 18.2 Å². The normalized spacial score (nSPS) is 13.2. The Labute approximate surface area is 184 Å². The van der Waals surface area contributed by atoms with E-state index in [4.69, 9.17) is 4.52 Å². The van der Waals surface area contributed by atoms with Gasteiger partial charge in [-0.2, -0.15) is 8.42 Å². The molecular weight excluding hydrogens is 430 g/mol. The van der Waals surface area contributed by atoms with Crippen molar-refractivity contribution in [3.05, 3.63) is 78.9 Å². The zero-order chi connectivity index (χ0) is 22.1. The number of nitrogens with one attached hydrogen (secondary N) is 1. The Bertz CT molecular complexity index is 1380. The van der Waals surface area contributed by atoms with Crippen LogP contribution in [-0.4, -0.2) is 35.6 Å². The van der Waals surface area contributed by atoms with Gasteiger partial charge in [0, 0.05) is 30.1 Å². The summed E-state index contributed by atoms with van der Waals surface area (Å²) >= 11 is 0. The number of rotatable bonds is 6. The summed E-state index contributed by atoms with van der Waals surface area (Å²) in [7, 11) is -3.80. The number of anilines is 2. The Morgan fingerprint density at radius 2 is 2.00 bits per heavy atom. The first-order valence-corrected chi connectivity index (χ1v) is 11.4. The first-order chi connectivity index (χ1) is 15.5. The molecule has 1 N–H and O–H groups in total. The Balaban J connectivity index is 1.29. The number of aromatic nitrogens is 3. The fourth-order valence-corrected chi connectivity index (χ4v) is 5.15. The van der Waals surface area contributed by atoms with Crippen LogP contribution in [0.25, 0.3) is 11.3 Å². The van der Waals surface area contributed by atoms with Crippen molar-refractivity contribution in [2.24, 2.45) is 0 Å². The van der Waals surface area contributed by atoms with Crippen LogP contribution in [0.4, 0.5) is 11.4 Å². The van der Waals surface area contributed by atoms with Crippen LogP contribution >= 0.6 is 0 Å². The second-order valence-electron chi connectivity index (χ2n) is 7.35. The summed E-state index contributed by atoms with van der Waals surface area (Å²) in [6.07, 6.45) is 4.93. The number of hydrogen-bond donors (Lipinski definition) is 1. The number of benzene rings is 2. The molecule has 0 aliphatic carbocycles. The Morgan fingerprint density at radius 3 is 2.84 bits per heavy atom. The zero-order valence-electron chi connectivity index (χ0n) is 16.9. The molecule has 0 fully saturated rings. The van der Waals surface area contributed by atoms with Crippen molar-refractivity contribution in [1.82, 2.24) is 14.7 Å². The van der Waals surface area contributed by atoms with Crippen molar-refractivity contribution in [1.29, 1.82) is 0 Å². The lowest BCUT2D eigenvalue weighted by atomic mass is 10.1. The third-order valence-corrected chi connectivity index (χ3v) is 6.90. The summed E-state index contributed by atoms with van der Waals surface area (Å²) in [5.74, 6) is 0.279. The van der Waals surface area contributed by atoms with Crippen LogP contribution in [-0.2, 0) is 27.8 Å². The zero-order valence-corrected chi connectivity index (χ0v) is 17.7. The molecule has 0 spiro atoms. The molecule has 0 saturated heterocycles. The summed E-state index contributed by atoms with van der Waals surface area (Å²) in [4.78, 5) is 16.6. The van der Waals surface area contributed by atoms with E-state index in [0.717, 1.165) is 11.1 Å². The predicted octanol–water partition coefficient (Wildman–Crippen LogP) is 2.93. The summed E-state index contributed by atoms with van der Waals surface area (Å²) < 4.78 is 34.1. The molecule has 9 nitrogen and oxygen atoms in total. The van der Waals surface area contributed by atoms with Crippen molar-refractivity contribution in [2.45, 2.75) is 18.0 Å².